The van der Waals surface area contributed by atoms with Crippen molar-refractivity contribution >= 4 is 33.1 Å². The van der Waals surface area contributed by atoms with Crippen LogP contribution in [-0.4, -0.2) is 10.9 Å². The Morgan fingerprint density at radius 3 is 2.95 bits per heavy atom. The molecule has 0 bridgehead atoms. The number of thiazole rings is 1. The molecule has 0 radical (unpaired) electrons. The molecule has 0 fully saturated rings. The minimum atomic E-state index is -0.402. The second-order valence-corrected chi connectivity index (χ2v) is 5.30. The molecule has 0 spiro atoms. The van der Waals surface area contributed by atoms with Crippen LogP contribution >= 0.6 is 11.3 Å². The van der Waals surface area contributed by atoms with Crippen molar-refractivity contribution in [1.82, 2.24) is 4.98 Å². The number of amides is 1. The molecule has 3 N–H and O–H groups in total. The van der Waals surface area contributed by atoms with E-state index < -0.39 is 5.91 Å². The number of aromatic nitrogens is 1. The average molecular weight is 283 g/mol. The number of nitrogens with two attached hydrogens (primary N) is 1. The van der Waals surface area contributed by atoms with E-state index in [2.05, 4.69) is 16.4 Å². The first-order chi connectivity index (χ1) is 9.74. The van der Waals surface area contributed by atoms with Gasteiger partial charge in [0.2, 0.25) is 5.91 Å². The van der Waals surface area contributed by atoms with Gasteiger partial charge in [-0.15, -0.1) is 11.3 Å². The standard InChI is InChI=1S/C15H13N3OS/c16-15(19)12-4-2-1-3-10(12)8-17-11-5-6-13-14(7-11)20-9-18-13/h1-7,9,17H,8H2,(H2,16,19). The van der Waals surface area contributed by atoms with Crippen LogP contribution in [0.5, 0.6) is 0 Å². The van der Waals surface area contributed by atoms with E-state index >= 15 is 0 Å². The third-order valence-electron chi connectivity index (χ3n) is 3.10. The maximum atomic E-state index is 11.4. The monoisotopic (exact) mass is 283 g/mol. The van der Waals surface area contributed by atoms with Crippen molar-refractivity contribution in [3.05, 3.63) is 59.1 Å². The Bertz CT molecular complexity index is 766. The van der Waals surface area contributed by atoms with E-state index in [0.29, 0.717) is 12.1 Å². The fraction of sp³-hybridized carbons (Fsp3) is 0.0667. The van der Waals surface area contributed by atoms with Gasteiger partial charge < -0.3 is 11.1 Å². The Labute approximate surface area is 120 Å². The molecule has 0 saturated heterocycles. The highest BCUT2D eigenvalue weighted by Gasteiger charge is 2.07. The molecule has 0 atom stereocenters. The summed E-state index contributed by atoms with van der Waals surface area (Å²) in [6.45, 7) is 0.559. The van der Waals surface area contributed by atoms with Gasteiger partial charge in [0.25, 0.3) is 0 Å². The molecule has 0 aliphatic rings. The molecular formula is C15H13N3OS. The number of fused-ring (bicyclic) bond motifs is 1. The van der Waals surface area contributed by atoms with E-state index in [9.17, 15) is 4.79 Å². The first-order valence-electron chi connectivity index (χ1n) is 6.19. The van der Waals surface area contributed by atoms with E-state index in [4.69, 9.17) is 5.73 Å². The highest BCUT2D eigenvalue weighted by atomic mass is 32.1. The van der Waals surface area contributed by atoms with Gasteiger partial charge in [-0.3, -0.25) is 4.79 Å². The first-order valence-corrected chi connectivity index (χ1v) is 7.07. The Hall–Kier alpha value is -2.40. The second-order valence-electron chi connectivity index (χ2n) is 4.41. The number of rotatable bonds is 4. The largest absolute Gasteiger partial charge is 0.381 e. The number of benzene rings is 2. The fourth-order valence-corrected chi connectivity index (χ4v) is 2.79. The van der Waals surface area contributed by atoms with E-state index in [1.807, 2.05) is 35.8 Å². The molecule has 3 aromatic rings. The fourth-order valence-electron chi connectivity index (χ4n) is 2.08. The lowest BCUT2D eigenvalue weighted by molar-refractivity contribution is 0.0999. The Kier molecular flexibility index (Phi) is 3.35. The predicted octanol–water partition coefficient (Wildman–Crippen LogP) is 3.01. The van der Waals surface area contributed by atoms with Gasteiger partial charge >= 0.3 is 0 Å². The number of primary amides is 1. The quantitative estimate of drug-likeness (QED) is 0.773. The molecule has 3 rings (SSSR count). The summed E-state index contributed by atoms with van der Waals surface area (Å²) in [6.07, 6.45) is 0. The van der Waals surface area contributed by atoms with Crippen LogP contribution in [0.2, 0.25) is 0 Å². The summed E-state index contributed by atoms with van der Waals surface area (Å²) in [6, 6.07) is 13.4. The minimum Gasteiger partial charge on any atom is -0.381 e. The van der Waals surface area contributed by atoms with Gasteiger partial charge in [0.15, 0.2) is 0 Å². The molecule has 20 heavy (non-hydrogen) atoms. The van der Waals surface area contributed by atoms with Crippen molar-refractivity contribution in [2.24, 2.45) is 5.73 Å². The molecule has 0 aliphatic heterocycles. The normalized spacial score (nSPS) is 10.6. The van der Waals surface area contributed by atoms with Crippen LogP contribution in [-0.2, 0) is 6.54 Å². The lowest BCUT2D eigenvalue weighted by Gasteiger charge is -2.09. The van der Waals surface area contributed by atoms with Crippen molar-refractivity contribution in [2.45, 2.75) is 6.54 Å². The molecule has 5 heteroatoms. The van der Waals surface area contributed by atoms with Crippen LogP contribution in [0.4, 0.5) is 5.69 Å². The van der Waals surface area contributed by atoms with Crippen LogP contribution in [0.3, 0.4) is 0 Å². The third-order valence-corrected chi connectivity index (χ3v) is 3.89. The highest BCUT2D eigenvalue weighted by molar-refractivity contribution is 7.16. The van der Waals surface area contributed by atoms with Gasteiger partial charge in [0.1, 0.15) is 0 Å². The summed E-state index contributed by atoms with van der Waals surface area (Å²) in [5.74, 6) is -0.402. The summed E-state index contributed by atoms with van der Waals surface area (Å²) in [4.78, 5) is 15.6. The topological polar surface area (TPSA) is 68.0 Å². The predicted molar refractivity (Wildman–Crippen MR) is 81.9 cm³/mol. The number of hydrogen-bond donors (Lipinski definition) is 2. The Morgan fingerprint density at radius 1 is 1.25 bits per heavy atom. The molecule has 1 aromatic heterocycles. The molecular weight excluding hydrogens is 270 g/mol. The lowest BCUT2D eigenvalue weighted by atomic mass is 10.1. The highest BCUT2D eigenvalue weighted by Crippen LogP contribution is 2.22. The molecule has 4 nitrogen and oxygen atoms in total. The van der Waals surface area contributed by atoms with Crippen LogP contribution in [0.15, 0.2) is 48.0 Å². The lowest BCUT2D eigenvalue weighted by Crippen LogP contribution is -2.15. The van der Waals surface area contributed by atoms with Crippen molar-refractivity contribution < 1.29 is 4.79 Å². The first kappa shape index (κ1) is 12.6. The maximum absolute atomic E-state index is 11.4. The molecule has 0 saturated carbocycles. The number of nitrogens with zero attached hydrogens (tertiary/aromatic N) is 1. The number of hydrogen-bond acceptors (Lipinski definition) is 4. The van der Waals surface area contributed by atoms with Gasteiger partial charge in [0, 0.05) is 17.8 Å². The van der Waals surface area contributed by atoms with Crippen LogP contribution < -0.4 is 11.1 Å². The summed E-state index contributed by atoms with van der Waals surface area (Å²) in [5.41, 5.74) is 10.6. The van der Waals surface area contributed by atoms with Crippen LogP contribution in [0.25, 0.3) is 10.2 Å². The third kappa shape index (κ3) is 2.48. The van der Waals surface area contributed by atoms with Gasteiger partial charge in [-0.25, -0.2) is 4.98 Å². The SMILES string of the molecule is NC(=O)c1ccccc1CNc1ccc2ncsc2c1. The average Bonchev–Trinajstić information content (AvgIpc) is 2.92. The van der Waals surface area contributed by atoms with Crippen LogP contribution in [0, 0.1) is 0 Å². The molecule has 0 aliphatic carbocycles. The Morgan fingerprint density at radius 2 is 2.10 bits per heavy atom. The van der Waals surface area contributed by atoms with E-state index in [1.165, 1.54) is 0 Å². The zero-order valence-electron chi connectivity index (χ0n) is 10.7. The van der Waals surface area contributed by atoms with Crippen molar-refractivity contribution in [1.29, 1.82) is 0 Å². The number of anilines is 1. The summed E-state index contributed by atoms with van der Waals surface area (Å²) < 4.78 is 1.14. The smallest absolute Gasteiger partial charge is 0.249 e. The number of carbonyl (C=O) groups excluding carboxylic acids is 1. The van der Waals surface area contributed by atoms with Crippen molar-refractivity contribution in [2.75, 3.05) is 5.32 Å². The van der Waals surface area contributed by atoms with Gasteiger partial charge in [-0.1, -0.05) is 18.2 Å². The zero-order chi connectivity index (χ0) is 13.9. The zero-order valence-corrected chi connectivity index (χ0v) is 11.5. The van der Waals surface area contributed by atoms with Gasteiger partial charge in [-0.2, -0.15) is 0 Å². The van der Waals surface area contributed by atoms with Crippen molar-refractivity contribution in [3.63, 3.8) is 0 Å². The van der Waals surface area contributed by atoms with E-state index in [1.54, 1.807) is 17.4 Å². The van der Waals surface area contributed by atoms with Crippen LogP contribution in [0.1, 0.15) is 15.9 Å². The molecule has 2 aromatic carbocycles. The molecule has 0 unspecified atom stereocenters. The maximum Gasteiger partial charge on any atom is 0.249 e. The second kappa shape index (κ2) is 5.30. The molecule has 1 heterocycles. The van der Waals surface area contributed by atoms with E-state index in [0.717, 1.165) is 21.5 Å². The summed E-state index contributed by atoms with van der Waals surface area (Å²) in [7, 11) is 0. The Balaban J connectivity index is 1.80. The number of carbonyl (C=O) groups is 1. The van der Waals surface area contributed by atoms with Gasteiger partial charge in [-0.05, 0) is 29.8 Å². The van der Waals surface area contributed by atoms with Gasteiger partial charge in [0.05, 0.1) is 15.7 Å². The number of nitrogens with one attached hydrogen (secondary N) is 1. The molecule has 100 valence electrons. The van der Waals surface area contributed by atoms with E-state index in [-0.39, 0.29) is 0 Å². The molecule has 1 amide bonds. The minimum absolute atomic E-state index is 0.402. The van der Waals surface area contributed by atoms with Crippen molar-refractivity contribution in [3.8, 4) is 0 Å². The summed E-state index contributed by atoms with van der Waals surface area (Å²) in [5, 5.41) is 3.31. The summed E-state index contributed by atoms with van der Waals surface area (Å²) >= 11 is 1.61.